The number of imidazole rings is 1. The SMILES string of the molecule is COc1cc(OC)cc([C@H](NC(=O)c2cc3ccccc3s2)c2nccn2C)c1. The van der Waals surface area contributed by atoms with E-state index in [1.54, 1.807) is 26.5 Å². The number of thiophene rings is 1. The highest BCUT2D eigenvalue weighted by Gasteiger charge is 2.24. The van der Waals surface area contributed by atoms with Crippen molar-refractivity contribution in [2.75, 3.05) is 14.2 Å². The van der Waals surface area contributed by atoms with Crippen molar-refractivity contribution in [2.24, 2.45) is 7.05 Å². The molecular formula is C22H21N3O3S. The van der Waals surface area contributed by atoms with Gasteiger partial charge in [0.2, 0.25) is 0 Å². The normalized spacial score (nSPS) is 12.0. The van der Waals surface area contributed by atoms with E-state index in [-0.39, 0.29) is 5.91 Å². The van der Waals surface area contributed by atoms with Gasteiger partial charge in [-0.05, 0) is 35.2 Å². The first-order chi connectivity index (χ1) is 14.1. The Balaban J connectivity index is 1.73. The van der Waals surface area contributed by atoms with Crippen molar-refractivity contribution in [3.63, 3.8) is 0 Å². The molecule has 2 aromatic carbocycles. The van der Waals surface area contributed by atoms with E-state index in [2.05, 4.69) is 10.3 Å². The summed E-state index contributed by atoms with van der Waals surface area (Å²) in [7, 11) is 5.10. The molecule has 0 radical (unpaired) electrons. The quantitative estimate of drug-likeness (QED) is 0.521. The van der Waals surface area contributed by atoms with E-state index in [1.165, 1.54) is 11.3 Å². The molecule has 4 rings (SSSR count). The van der Waals surface area contributed by atoms with Crippen LogP contribution < -0.4 is 14.8 Å². The molecule has 1 N–H and O–H groups in total. The molecule has 0 bridgehead atoms. The van der Waals surface area contributed by atoms with Crippen LogP contribution in [0.15, 0.2) is 60.9 Å². The average molecular weight is 407 g/mol. The third-order valence-electron chi connectivity index (χ3n) is 4.75. The number of amides is 1. The Morgan fingerprint density at radius 3 is 2.45 bits per heavy atom. The van der Waals surface area contributed by atoms with Crippen molar-refractivity contribution in [3.8, 4) is 11.5 Å². The number of methoxy groups -OCH3 is 2. The van der Waals surface area contributed by atoms with E-state index in [0.717, 1.165) is 21.5 Å². The molecule has 0 aliphatic carbocycles. The summed E-state index contributed by atoms with van der Waals surface area (Å²) in [5.41, 5.74) is 0.824. The molecule has 1 atom stereocenters. The first-order valence-corrected chi connectivity index (χ1v) is 9.90. The van der Waals surface area contributed by atoms with Gasteiger partial charge in [0.15, 0.2) is 0 Å². The molecule has 0 fully saturated rings. The average Bonchev–Trinajstić information content (AvgIpc) is 3.37. The third kappa shape index (κ3) is 3.82. The number of hydrogen-bond donors (Lipinski definition) is 1. The number of hydrogen-bond acceptors (Lipinski definition) is 5. The van der Waals surface area contributed by atoms with E-state index in [4.69, 9.17) is 9.47 Å². The Morgan fingerprint density at radius 2 is 1.83 bits per heavy atom. The van der Waals surface area contributed by atoms with Gasteiger partial charge in [0.1, 0.15) is 23.4 Å². The van der Waals surface area contributed by atoms with Crippen molar-refractivity contribution < 1.29 is 14.3 Å². The van der Waals surface area contributed by atoms with Crippen molar-refractivity contribution in [2.45, 2.75) is 6.04 Å². The zero-order valence-electron chi connectivity index (χ0n) is 16.4. The molecule has 7 heteroatoms. The third-order valence-corrected chi connectivity index (χ3v) is 5.86. The number of nitrogens with zero attached hydrogens (tertiary/aromatic N) is 2. The highest BCUT2D eigenvalue weighted by atomic mass is 32.1. The van der Waals surface area contributed by atoms with Gasteiger partial charge in [-0.25, -0.2) is 4.98 Å². The fourth-order valence-electron chi connectivity index (χ4n) is 3.24. The smallest absolute Gasteiger partial charge is 0.262 e. The van der Waals surface area contributed by atoms with Gasteiger partial charge in [-0.2, -0.15) is 0 Å². The summed E-state index contributed by atoms with van der Waals surface area (Å²) in [5.74, 6) is 1.86. The Labute approximate surface area is 172 Å². The van der Waals surface area contributed by atoms with E-state index in [1.807, 2.05) is 60.3 Å². The summed E-state index contributed by atoms with van der Waals surface area (Å²) in [5, 5.41) is 4.19. The molecule has 4 aromatic rings. The lowest BCUT2D eigenvalue weighted by atomic mass is 10.0. The van der Waals surface area contributed by atoms with Gasteiger partial charge in [0, 0.05) is 30.2 Å². The standard InChI is InChI=1S/C22H21N3O3S/c1-25-9-8-23-21(25)20(15-10-16(27-2)13-17(11-15)28-3)24-22(26)19-12-14-6-4-5-7-18(14)29-19/h4-13,20H,1-3H3,(H,24,26)/t20-/m0/s1. The molecule has 148 valence electrons. The lowest BCUT2D eigenvalue weighted by Gasteiger charge is -2.20. The number of carbonyl (C=O) groups excluding carboxylic acids is 1. The van der Waals surface area contributed by atoms with Crippen LogP contribution in [0.25, 0.3) is 10.1 Å². The van der Waals surface area contributed by atoms with Gasteiger partial charge in [-0.15, -0.1) is 11.3 Å². The molecule has 6 nitrogen and oxygen atoms in total. The largest absolute Gasteiger partial charge is 0.497 e. The highest BCUT2D eigenvalue weighted by Crippen LogP contribution is 2.31. The van der Waals surface area contributed by atoms with E-state index >= 15 is 0 Å². The van der Waals surface area contributed by atoms with Crippen LogP contribution in [0.5, 0.6) is 11.5 Å². The molecule has 29 heavy (non-hydrogen) atoms. The van der Waals surface area contributed by atoms with Crippen LogP contribution in [0.2, 0.25) is 0 Å². The minimum absolute atomic E-state index is 0.152. The zero-order chi connectivity index (χ0) is 20.4. The maximum atomic E-state index is 13.1. The predicted molar refractivity (Wildman–Crippen MR) is 114 cm³/mol. The number of aryl methyl sites for hydroxylation is 1. The summed E-state index contributed by atoms with van der Waals surface area (Å²) in [4.78, 5) is 18.2. The minimum Gasteiger partial charge on any atom is -0.497 e. The molecule has 0 aliphatic heterocycles. The Bertz CT molecular complexity index is 1110. The number of carbonyl (C=O) groups is 1. The summed E-state index contributed by atoms with van der Waals surface area (Å²) < 4.78 is 13.8. The molecule has 2 heterocycles. The number of rotatable bonds is 6. The fourth-order valence-corrected chi connectivity index (χ4v) is 4.21. The summed E-state index contributed by atoms with van der Waals surface area (Å²) >= 11 is 1.47. The number of benzene rings is 2. The first kappa shape index (κ1) is 19.0. The molecule has 0 saturated carbocycles. The predicted octanol–water partition coefficient (Wildman–Crippen LogP) is 4.17. The second-order valence-electron chi connectivity index (χ2n) is 6.60. The lowest BCUT2D eigenvalue weighted by molar-refractivity contribution is 0.0945. The Morgan fingerprint density at radius 1 is 1.10 bits per heavy atom. The molecule has 0 saturated heterocycles. The topological polar surface area (TPSA) is 65.4 Å². The van der Waals surface area contributed by atoms with E-state index in [9.17, 15) is 4.79 Å². The van der Waals surface area contributed by atoms with Crippen molar-refractivity contribution in [1.29, 1.82) is 0 Å². The Kier molecular flexibility index (Phi) is 5.22. The molecule has 0 aliphatic rings. The van der Waals surface area contributed by atoms with Crippen LogP contribution in [-0.4, -0.2) is 29.7 Å². The molecule has 1 amide bonds. The van der Waals surface area contributed by atoms with E-state index in [0.29, 0.717) is 16.4 Å². The maximum absolute atomic E-state index is 13.1. The lowest BCUT2D eigenvalue weighted by Crippen LogP contribution is -2.30. The number of ether oxygens (including phenoxy) is 2. The number of fused-ring (bicyclic) bond motifs is 1. The van der Waals surface area contributed by atoms with Gasteiger partial charge < -0.3 is 19.4 Å². The monoisotopic (exact) mass is 407 g/mol. The van der Waals surface area contributed by atoms with Crippen LogP contribution in [-0.2, 0) is 7.05 Å². The summed E-state index contributed by atoms with van der Waals surface area (Å²) in [6.45, 7) is 0. The second-order valence-corrected chi connectivity index (χ2v) is 7.68. The van der Waals surface area contributed by atoms with Crippen LogP contribution in [0, 0.1) is 0 Å². The number of nitrogens with one attached hydrogen (secondary N) is 1. The summed E-state index contributed by atoms with van der Waals surface area (Å²) in [6, 6.07) is 15.0. The van der Waals surface area contributed by atoms with Gasteiger partial charge in [0.25, 0.3) is 5.91 Å². The van der Waals surface area contributed by atoms with Crippen molar-refractivity contribution in [1.82, 2.24) is 14.9 Å². The summed E-state index contributed by atoms with van der Waals surface area (Å²) in [6.07, 6.45) is 3.57. The molecule has 0 spiro atoms. The highest BCUT2D eigenvalue weighted by molar-refractivity contribution is 7.20. The van der Waals surface area contributed by atoms with Gasteiger partial charge in [-0.3, -0.25) is 4.79 Å². The van der Waals surface area contributed by atoms with Crippen LogP contribution in [0.3, 0.4) is 0 Å². The van der Waals surface area contributed by atoms with Crippen LogP contribution in [0.4, 0.5) is 0 Å². The van der Waals surface area contributed by atoms with Crippen molar-refractivity contribution in [3.05, 3.63) is 77.2 Å². The Hall–Kier alpha value is -3.32. The van der Waals surface area contributed by atoms with Crippen LogP contribution in [0.1, 0.15) is 27.1 Å². The maximum Gasteiger partial charge on any atom is 0.262 e. The second kappa shape index (κ2) is 7.97. The molecule has 2 aromatic heterocycles. The first-order valence-electron chi connectivity index (χ1n) is 9.08. The van der Waals surface area contributed by atoms with Gasteiger partial charge >= 0.3 is 0 Å². The molecule has 0 unspecified atom stereocenters. The minimum atomic E-state index is -0.461. The molecular weight excluding hydrogens is 386 g/mol. The van der Waals surface area contributed by atoms with Crippen molar-refractivity contribution >= 4 is 27.3 Å². The fraction of sp³-hybridized carbons (Fsp3) is 0.182. The zero-order valence-corrected chi connectivity index (χ0v) is 17.2. The number of aromatic nitrogens is 2. The van der Waals surface area contributed by atoms with E-state index < -0.39 is 6.04 Å². The van der Waals surface area contributed by atoms with Gasteiger partial charge in [-0.1, -0.05) is 18.2 Å². The van der Waals surface area contributed by atoms with Gasteiger partial charge in [0.05, 0.1) is 19.1 Å². The van der Waals surface area contributed by atoms with Crippen LogP contribution >= 0.6 is 11.3 Å².